The summed E-state index contributed by atoms with van der Waals surface area (Å²) < 4.78 is 6.14. The number of hydrogen-bond acceptors (Lipinski definition) is 5. The van der Waals surface area contributed by atoms with Crippen molar-refractivity contribution >= 4 is 17.9 Å². The summed E-state index contributed by atoms with van der Waals surface area (Å²) in [5, 5.41) is 17.4. The van der Waals surface area contributed by atoms with E-state index in [0.717, 1.165) is 90.0 Å². The molecular weight excluding hydrogens is 675 g/mol. The lowest BCUT2D eigenvalue weighted by Gasteiger charge is -2.22. The number of aliphatic carboxylic acids is 2. The minimum atomic E-state index is -0.682. The number of esters is 1. The van der Waals surface area contributed by atoms with Crippen molar-refractivity contribution in [2.75, 3.05) is 20.6 Å². The van der Waals surface area contributed by atoms with Crippen molar-refractivity contribution in [3.63, 3.8) is 0 Å². The van der Waals surface area contributed by atoms with Crippen LogP contribution in [-0.4, -0.2) is 59.8 Å². The van der Waals surface area contributed by atoms with E-state index in [9.17, 15) is 14.4 Å². The number of nitrogens with zero attached hydrogens (tertiary/aromatic N) is 1. The maximum Gasteiger partial charge on any atom is 0.306 e. The quantitative estimate of drug-likeness (QED) is 0.0363. The molecule has 0 aromatic rings. The molecule has 0 radical (unpaired) electrons. The number of ether oxygens (including phenoxy) is 1. The first-order valence-electron chi connectivity index (χ1n) is 22.7. The third-order valence-corrected chi connectivity index (χ3v) is 10.4. The Labute approximate surface area is 333 Å². The summed E-state index contributed by atoms with van der Waals surface area (Å²) in [5.74, 6) is -0.444. The molecular formula is C47H87NO6. The van der Waals surface area contributed by atoms with Crippen molar-refractivity contribution in [3.8, 4) is 0 Å². The zero-order valence-electron chi connectivity index (χ0n) is 35.9. The van der Waals surface area contributed by atoms with Crippen LogP contribution < -0.4 is 0 Å². The van der Waals surface area contributed by atoms with Crippen molar-refractivity contribution in [3.05, 3.63) is 24.3 Å². The summed E-state index contributed by atoms with van der Waals surface area (Å²) in [5.41, 5.74) is 0. The molecule has 0 aromatic heterocycles. The van der Waals surface area contributed by atoms with Gasteiger partial charge in [-0.3, -0.25) is 14.4 Å². The normalized spacial score (nSPS) is 13.1. The molecule has 0 fully saturated rings. The maximum atomic E-state index is 13.0. The zero-order valence-corrected chi connectivity index (χ0v) is 35.9. The van der Waals surface area contributed by atoms with E-state index < -0.39 is 11.9 Å². The Morgan fingerprint density at radius 2 is 0.833 bits per heavy atom. The predicted molar refractivity (Wildman–Crippen MR) is 228 cm³/mol. The highest BCUT2D eigenvalue weighted by molar-refractivity contribution is 5.69. The van der Waals surface area contributed by atoms with Crippen molar-refractivity contribution in [1.29, 1.82) is 0 Å². The van der Waals surface area contributed by atoms with Gasteiger partial charge in [-0.25, -0.2) is 0 Å². The summed E-state index contributed by atoms with van der Waals surface area (Å²) >= 11 is 0. The van der Waals surface area contributed by atoms with Crippen LogP contribution in [0.1, 0.15) is 219 Å². The first-order valence-corrected chi connectivity index (χ1v) is 22.7. The molecule has 2 N–H and O–H groups in total. The lowest BCUT2D eigenvalue weighted by atomic mass is 9.94. The van der Waals surface area contributed by atoms with Crippen molar-refractivity contribution < 1.29 is 29.3 Å². The molecule has 0 aromatic carbocycles. The smallest absolute Gasteiger partial charge is 0.306 e. The molecule has 2 unspecified atom stereocenters. The topological polar surface area (TPSA) is 104 Å². The Kier molecular flexibility index (Phi) is 37.5. The molecule has 7 nitrogen and oxygen atoms in total. The van der Waals surface area contributed by atoms with Gasteiger partial charge in [0.15, 0.2) is 0 Å². The molecule has 0 saturated carbocycles. The lowest BCUT2D eigenvalue weighted by molar-refractivity contribution is -0.151. The average molecular weight is 762 g/mol. The summed E-state index contributed by atoms with van der Waals surface area (Å²) in [6, 6.07) is 0. The molecule has 0 spiro atoms. The van der Waals surface area contributed by atoms with E-state index in [-0.39, 0.29) is 12.1 Å². The van der Waals surface area contributed by atoms with E-state index in [4.69, 9.17) is 14.9 Å². The van der Waals surface area contributed by atoms with Crippen LogP contribution in [0.2, 0.25) is 0 Å². The number of carbonyl (C=O) groups is 3. The SMILES string of the molecule is CC(CC(=O)OC(CCCCCCCC/C=C\CCCCCCCC(=O)O)CCCCCCCC/C=C\CCCCCCCC(=O)O)CC(C)CN(C)C. The van der Waals surface area contributed by atoms with Crippen LogP contribution in [-0.2, 0) is 19.1 Å². The molecule has 0 saturated heterocycles. The summed E-state index contributed by atoms with van der Waals surface area (Å²) in [6.45, 7) is 5.52. The van der Waals surface area contributed by atoms with Gasteiger partial charge in [0.05, 0.1) is 0 Å². The Morgan fingerprint density at radius 3 is 1.19 bits per heavy atom. The fraction of sp³-hybridized carbons (Fsp3) is 0.851. The van der Waals surface area contributed by atoms with E-state index in [1.165, 1.54) is 103 Å². The second-order valence-electron chi connectivity index (χ2n) is 16.8. The second-order valence-corrected chi connectivity index (χ2v) is 16.8. The van der Waals surface area contributed by atoms with Crippen molar-refractivity contribution in [1.82, 2.24) is 4.90 Å². The highest BCUT2D eigenvalue weighted by Crippen LogP contribution is 2.21. The van der Waals surface area contributed by atoms with Gasteiger partial charge in [0.2, 0.25) is 0 Å². The van der Waals surface area contributed by atoms with Crippen LogP contribution in [0.3, 0.4) is 0 Å². The molecule has 316 valence electrons. The minimum Gasteiger partial charge on any atom is -0.481 e. The first-order chi connectivity index (χ1) is 26.1. The number of allylic oxidation sites excluding steroid dienone is 4. The van der Waals surface area contributed by atoms with Gasteiger partial charge >= 0.3 is 17.9 Å². The third kappa shape index (κ3) is 41.0. The number of carboxylic acids is 2. The molecule has 0 amide bonds. The van der Waals surface area contributed by atoms with Gasteiger partial charge in [-0.05, 0) is 122 Å². The Balaban J connectivity index is 4.20. The van der Waals surface area contributed by atoms with Crippen LogP contribution in [0.4, 0.5) is 0 Å². The van der Waals surface area contributed by atoms with Gasteiger partial charge in [-0.1, -0.05) is 128 Å². The first kappa shape index (κ1) is 51.9. The molecule has 7 heteroatoms. The Morgan fingerprint density at radius 1 is 0.500 bits per heavy atom. The number of rotatable bonds is 41. The minimum absolute atomic E-state index is 0.00265. The largest absolute Gasteiger partial charge is 0.481 e. The number of hydrogen-bond donors (Lipinski definition) is 2. The molecule has 0 rings (SSSR count). The van der Waals surface area contributed by atoms with E-state index in [0.29, 0.717) is 31.1 Å². The van der Waals surface area contributed by atoms with Crippen LogP contribution in [0.25, 0.3) is 0 Å². The molecule has 0 aliphatic carbocycles. The van der Waals surface area contributed by atoms with Gasteiger partial charge in [0, 0.05) is 25.8 Å². The number of carbonyl (C=O) groups excluding carboxylic acids is 1. The van der Waals surface area contributed by atoms with Crippen LogP contribution in [0.15, 0.2) is 24.3 Å². The molecule has 54 heavy (non-hydrogen) atoms. The van der Waals surface area contributed by atoms with Gasteiger partial charge in [0.25, 0.3) is 0 Å². The molecule has 0 bridgehead atoms. The summed E-state index contributed by atoms with van der Waals surface area (Å²) in [6.07, 6.45) is 43.8. The highest BCUT2D eigenvalue weighted by atomic mass is 16.5. The fourth-order valence-electron chi connectivity index (χ4n) is 7.54. The van der Waals surface area contributed by atoms with Crippen molar-refractivity contribution in [2.24, 2.45) is 11.8 Å². The van der Waals surface area contributed by atoms with Gasteiger partial charge in [-0.2, -0.15) is 0 Å². The predicted octanol–water partition coefficient (Wildman–Crippen LogP) is 13.5. The van der Waals surface area contributed by atoms with Gasteiger partial charge < -0.3 is 19.8 Å². The molecule has 2 atom stereocenters. The average Bonchev–Trinajstić information content (AvgIpc) is 3.09. The van der Waals surface area contributed by atoms with E-state index in [1.54, 1.807) is 0 Å². The summed E-state index contributed by atoms with van der Waals surface area (Å²) in [7, 11) is 4.22. The third-order valence-electron chi connectivity index (χ3n) is 10.4. The van der Waals surface area contributed by atoms with Gasteiger partial charge in [0.1, 0.15) is 6.10 Å². The molecule has 0 aliphatic rings. The molecule has 0 aliphatic heterocycles. The maximum absolute atomic E-state index is 13.0. The monoisotopic (exact) mass is 762 g/mol. The number of carboxylic acid groups (broad SMARTS) is 2. The molecule has 0 heterocycles. The fourth-order valence-corrected chi connectivity index (χ4v) is 7.54. The van der Waals surface area contributed by atoms with E-state index in [1.807, 2.05) is 0 Å². The van der Waals surface area contributed by atoms with Crippen LogP contribution >= 0.6 is 0 Å². The number of unbranched alkanes of at least 4 members (excludes halogenated alkanes) is 22. The summed E-state index contributed by atoms with van der Waals surface area (Å²) in [4.78, 5) is 36.3. The highest BCUT2D eigenvalue weighted by Gasteiger charge is 2.18. The van der Waals surface area contributed by atoms with Gasteiger partial charge in [-0.15, -0.1) is 0 Å². The standard InChI is InChI=1S/C47H87NO6/c1-42(39-43(2)41-48(3)4)40-47(53)54-44(35-31-27-23-19-15-11-7-5-9-13-17-21-25-29-33-37-45(49)50)36-32-28-24-20-16-12-8-6-10-14-18-22-26-30-34-38-46(51)52/h5-6,9-10,42-44H,7-8,11-41H2,1-4H3,(H,49,50)(H,51,52)/b9-5-,10-6-. The Hall–Kier alpha value is -2.15. The van der Waals surface area contributed by atoms with E-state index in [2.05, 4.69) is 57.1 Å². The second kappa shape index (κ2) is 39.1. The lowest BCUT2D eigenvalue weighted by Crippen LogP contribution is -2.23. The van der Waals surface area contributed by atoms with Crippen LogP contribution in [0.5, 0.6) is 0 Å². The Bertz CT molecular complexity index is 877. The van der Waals surface area contributed by atoms with E-state index >= 15 is 0 Å². The zero-order chi connectivity index (χ0) is 39.9. The van der Waals surface area contributed by atoms with Crippen molar-refractivity contribution in [2.45, 2.75) is 225 Å². The van der Waals surface area contributed by atoms with Crippen LogP contribution in [0, 0.1) is 11.8 Å².